The number of nitrogens with zero attached hydrogens (tertiary/aromatic N) is 1. The number of carboxylic acid groups (broad SMARTS) is 1. The van der Waals surface area contributed by atoms with Crippen molar-refractivity contribution in [2.24, 2.45) is 0 Å². The van der Waals surface area contributed by atoms with E-state index in [0.29, 0.717) is 0 Å². The average Bonchev–Trinajstić information content (AvgIpc) is 2.34. The van der Waals surface area contributed by atoms with E-state index in [2.05, 4.69) is 0 Å². The maximum absolute atomic E-state index is 11.7. The summed E-state index contributed by atoms with van der Waals surface area (Å²) >= 11 is 1.35. The fourth-order valence-corrected chi connectivity index (χ4v) is 2.02. The minimum atomic E-state index is -0.916. The molecule has 0 spiro atoms. The standard InChI is InChI=1S/C12H15NO4S/c1-13(7-6-12(16)17)11(15)8-18-10-4-2-9(14)3-5-10/h2-5,14H,6-8H2,1H3,(H,16,17). The molecule has 0 saturated carbocycles. The Hall–Kier alpha value is -1.69. The smallest absolute Gasteiger partial charge is 0.305 e. The maximum atomic E-state index is 11.7. The fraction of sp³-hybridized carbons (Fsp3) is 0.333. The minimum Gasteiger partial charge on any atom is -0.508 e. The number of hydrogen-bond donors (Lipinski definition) is 2. The van der Waals surface area contributed by atoms with Crippen LogP contribution in [0.3, 0.4) is 0 Å². The van der Waals surface area contributed by atoms with E-state index in [9.17, 15) is 9.59 Å². The van der Waals surface area contributed by atoms with Gasteiger partial charge in [-0.3, -0.25) is 9.59 Å². The van der Waals surface area contributed by atoms with Crippen LogP contribution in [0.25, 0.3) is 0 Å². The van der Waals surface area contributed by atoms with Gasteiger partial charge >= 0.3 is 5.97 Å². The predicted molar refractivity (Wildman–Crippen MR) is 68.7 cm³/mol. The molecule has 0 aliphatic heterocycles. The Kier molecular flexibility index (Phi) is 5.51. The first-order valence-corrected chi connectivity index (χ1v) is 6.35. The Morgan fingerprint density at radius 1 is 1.28 bits per heavy atom. The van der Waals surface area contributed by atoms with Crippen LogP contribution in [0.15, 0.2) is 29.2 Å². The highest BCUT2D eigenvalue weighted by Crippen LogP contribution is 2.20. The molecule has 1 aromatic carbocycles. The van der Waals surface area contributed by atoms with Crippen LogP contribution in [-0.2, 0) is 9.59 Å². The lowest BCUT2D eigenvalue weighted by molar-refractivity contribution is -0.137. The summed E-state index contributed by atoms with van der Waals surface area (Å²) in [6.45, 7) is 0.213. The number of carboxylic acids is 1. The van der Waals surface area contributed by atoms with Crippen molar-refractivity contribution in [2.45, 2.75) is 11.3 Å². The summed E-state index contributed by atoms with van der Waals surface area (Å²) in [6.07, 6.45) is -0.0495. The highest BCUT2D eigenvalue weighted by Gasteiger charge is 2.10. The first kappa shape index (κ1) is 14.4. The third-order valence-electron chi connectivity index (χ3n) is 2.29. The molecule has 5 nitrogen and oxygen atoms in total. The molecule has 0 bridgehead atoms. The molecule has 0 aliphatic rings. The summed E-state index contributed by atoms with van der Waals surface area (Å²) < 4.78 is 0. The topological polar surface area (TPSA) is 77.8 Å². The molecule has 0 fully saturated rings. The van der Waals surface area contributed by atoms with Crippen molar-refractivity contribution in [3.05, 3.63) is 24.3 Å². The number of aliphatic carboxylic acids is 1. The van der Waals surface area contributed by atoms with Gasteiger partial charge in [-0.25, -0.2) is 0 Å². The van der Waals surface area contributed by atoms with Crippen molar-refractivity contribution in [3.63, 3.8) is 0 Å². The van der Waals surface area contributed by atoms with Crippen molar-refractivity contribution < 1.29 is 19.8 Å². The molecular formula is C12H15NO4S. The lowest BCUT2D eigenvalue weighted by atomic mass is 10.3. The number of hydrogen-bond acceptors (Lipinski definition) is 4. The van der Waals surface area contributed by atoms with Crippen LogP contribution in [0.2, 0.25) is 0 Å². The third-order valence-corrected chi connectivity index (χ3v) is 3.28. The predicted octanol–water partition coefficient (Wildman–Crippen LogP) is 1.42. The van der Waals surface area contributed by atoms with Gasteiger partial charge in [-0.05, 0) is 24.3 Å². The van der Waals surface area contributed by atoms with Gasteiger partial charge in [-0.1, -0.05) is 0 Å². The van der Waals surface area contributed by atoms with E-state index >= 15 is 0 Å². The Labute approximate surface area is 109 Å². The molecule has 0 heterocycles. The van der Waals surface area contributed by atoms with Crippen LogP contribution < -0.4 is 0 Å². The highest BCUT2D eigenvalue weighted by molar-refractivity contribution is 8.00. The number of carbonyl (C=O) groups excluding carboxylic acids is 1. The second-order valence-electron chi connectivity index (χ2n) is 3.74. The van der Waals surface area contributed by atoms with Gasteiger partial charge in [0.15, 0.2) is 0 Å². The first-order chi connectivity index (χ1) is 8.49. The fourth-order valence-electron chi connectivity index (χ4n) is 1.19. The second-order valence-corrected chi connectivity index (χ2v) is 4.79. The van der Waals surface area contributed by atoms with Gasteiger partial charge in [-0.15, -0.1) is 11.8 Å². The zero-order chi connectivity index (χ0) is 13.5. The van der Waals surface area contributed by atoms with Gasteiger partial charge in [0.2, 0.25) is 5.91 Å². The van der Waals surface area contributed by atoms with Crippen LogP contribution in [0, 0.1) is 0 Å². The number of benzene rings is 1. The van der Waals surface area contributed by atoms with Gasteiger partial charge < -0.3 is 15.1 Å². The molecule has 0 aliphatic carbocycles. The molecular weight excluding hydrogens is 254 g/mol. The summed E-state index contributed by atoms with van der Waals surface area (Å²) in [6, 6.07) is 6.57. The normalized spacial score (nSPS) is 10.1. The number of aromatic hydroxyl groups is 1. The van der Waals surface area contributed by atoms with Crippen molar-refractivity contribution >= 4 is 23.6 Å². The molecule has 1 rings (SSSR count). The lowest BCUT2D eigenvalue weighted by Gasteiger charge is -2.15. The van der Waals surface area contributed by atoms with Gasteiger partial charge in [0, 0.05) is 18.5 Å². The van der Waals surface area contributed by atoms with E-state index in [1.807, 2.05) is 0 Å². The van der Waals surface area contributed by atoms with Crippen LogP contribution >= 0.6 is 11.8 Å². The summed E-state index contributed by atoms with van der Waals surface area (Å²) in [5.74, 6) is -0.597. The van der Waals surface area contributed by atoms with Gasteiger partial charge in [0.05, 0.1) is 12.2 Å². The molecule has 0 atom stereocenters. The summed E-state index contributed by atoms with van der Waals surface area (Å²) in [7, 11) is 1.59. The molecule has 0 aromatic heterocycles. The minimum absolute atomic E-state index is 0.0495. The van der Waals surface area contributed by atoms with Gasteiger partial charge in [0.25, 0.3) is 0 Å². The van der Waals surface area contributed by atoms with E-state index in [4.69, 9.17) is 10.2 Å². The molecule has 6 heteroatoms. The maximum Gasteiger partial charge on any atom is 0.305 e. The summed E-state index contributed by atoms with van der Waals surface area (Å²) in [5.41, 5.74) is 0. The SMILES string of the molecule is CN(CCC(=O)O)C(=O)CSc1ccc(O)cc1. The van der Waals surface area contributed by atoms with E-state index in [1.54, 1.807) is 31.3 Å². The van der Waals surface area contributed by atoms with E-state index in [0.717, 1.165) is 4.90 Å². The van der Waals surface area contributed by atoms with Crippen molar-refractivity contribution in [1.29, 1.82) is 0 Å². The van der Waals surface area contributed by atoms with E-state index < -0.39 is 5.97 Å². The van der Waals surface area contributed by atoms with Crippen LogP contribution in [0.1, 0.15) is 6.42 Å². The molecule has 0 radical (unpaired) electrons. The van der Waals surface area contributed by atoms with Crippen LogP contribution in [0.4, 0.5) is 0 Å². The molecule has 1 aromatic rings. The zero-order valence-electron chi connectivity index (χ0n) is 10.00. The van der Waals surface area contributed by atoms with E-state index in [1.165, 1.54) is 16.7 Å². The molecule has 2 N–H and O–H groups in total. The summed E-state index contributed by atoms with van der Waals surface area (Å²) in [4.78, 5) is 24.3. The molecule has 0 unspecified atom stereocenters. The number of phenolic OH excluding ortho intramolecular Hbond substituents is 1. The van der Waals surface area contributed by atoms with Gasteiger partial charge in [-0.2, -0.15) is 0 Å². The monoisotopic (exact) mass is 269 g/mol. The molecule has 98 valence electrons. The number of phenols is 1. The highest BCUT2D eigenvalue weighted by atomic mass is 32.2. The Bertz CT molecular complexity index is 419. The third kappa shape index (κ3) is 5.09. The number of carbonyl (C=O) groups is 2. The zero-order valence-corrected chi connectivity index (χ0v) is 10.8. The Balaban J connectivity index is 2.36. The van der Waals surface area contributed by atoms with Crippen LogP contribution in [-0.4, -0.2) is 46.3 Å². The van der Waals surface area contributed by atoms with Crippen molar-refractivity contribution in [2.75, 3.05) is 19.3 Å². The number of rotatable bonds is 6. The van der Waals surface area contributed by atoms with Crippen molar-refractivity contribution in [1.82, 2.24) is 4.90 Å². The second kappa shape index (κ2) is 6.90. The van der Waals surface area contributed by atoms with E-state index in [-0.39, 0.29) is 30.4 Å². The quantitative estimate of drug-likeness (QED) is 0.764. The van der Waals surface area contributed by atoms with Crippen LogP contribution in [0.5, 0.6) is 5.75 Å². The Morgan fingerprint density at radius 2 is 1.89 bits per heavy atom. The number of amides is 1. The van der Waals surface area contributed by atoms with Crippen molar-refractivity contribution in [3.8, 4) is 5.75 Å². The average molecular weight is 269 g/mol. The number of thioether (sulfide) groups is 1. The molecule has 0 saturated heterocycles. The summed E-state index contributed by atoms with van der Waals surface area (Å²) in [5, 5.41) is 17.6. The van der Waals surface area contributed by atoms with Gasteiger partial charge in [0.1, 0.15) is 5.75 Å². The Morgan fingerprint density at radius 3 is 2.44 bits per heavy atom. The molecule has 1 amide bonds. The largest absolute Gasteiger partial charge is 0.508 e. The molecule has 18 heavy (non-hydrogen) atoms. The lowest BCUT2D eigenvalue weighted by Crippen LogP contribution is -2.30. The first-order valence-electron chi connectivity index (χ1n) is 5.36.